The zero-order valence-corrected chi connectivity index (χ0v) is 19.1. The molecule has 0 fully saturated rings. The van der Waals surface area contributed by atoms with E-state index in [9.17, 15) is 9.59 Å². The maximum Gasteiger partial charge on any atom is 0.262 e. The molecular weight excluding hydrogens is 434 g/mol. The number of hydrogen-bond acceptors (Lipinski definition) is 5. The highest BCUT2D eigenvalue weighted by atomic mass is 32.1. The number of hydrogen-bond donors (Lipinski definition) is 1. The fraction of sp³-hybridized carbons (Fsp3) is 0.269. The number of nitrogens with zero attached hydrogens (tertiary/aromatic N) is 2. The lowest BCUT2D eigenvalue weighted by Gasteiger charge is -2.08. The van der Waals surface area contributed by atoms with E-state index in [0.717, 1.165) is 54.1 Å². The van der Waals surface area contributed by atoms with Gasteiger partial charge in [-0.1, -0.05) is 30.3 Å². The Morgan fingerprint density at radius 3 is 2.82 bits per heavy atom. The minimum atomic E-state index is -0.164. The summed E-state index contributed by atoms with van der Waals surface area (Å²) < 4.78 is 7.34. The second kappa shape index (κ2) is 7.85. The monoisotopic (exact) mass is 457 g/mol. The summed E-state index contributed by atoms with van der Waals surface area (Å²) in [7, 11) is 0. The van der Waals surface area contributed by atoms with Crippen LogP contribution in [-0.2, 0) is 25.9 Å². The zero-order chi connectivity index (χ0) is 22.5. The average Bonchev–Trinajstić information content (AvgIpc) is 3.56. The van der Waals surface area contributed by atoms with Gasteiger partial charge in [-0.15, -0.1) is 11.3 Å². The van der Waals surface area contributed by atoms with Gasteiger partial charge in [0.05, 0.1) is 16.9 Å². The first-order chi connectivity index (χ1) is 16.1. The molecule has 0 saturated carbocycles. The van der Waals surface area contributed by atoms with E-state index in [1.165, 1.54) is 22.5 Å². The number of rotatable bonds is 4. The summed E-state index contributed by atoms with van der Waals surface area (Å²) in [6.45, 7) is 3.73. The number of carbonyl (C=O) groups is 1. The van der Waals surface area contributed by atoms with Crippen molar-refractivity contribution in [3.8, 4) is 16.9 Å². The molecular formula is C26H23N3O3S. The maximum atomic E-state index is 12.9. The normalized spacial score (nSPS) is 14.2. The van der Waals surface area contributed by atoms with Crippen molar-refractivity contribution in [2.75, 3.05) is 6.61 Å². The van der Waals surface area contributed by atoms with Crippen molar-refractivity contribution in [2.45, 2.75) is 39.3 Å². The molecule has 33 heavy (non-hydrogen) atoms. The fourth-order valence-corrected chi connectivity index (χ4v) is 5.84. The van der Waals surface area contributed by atoms with Gasteiger partial charge in [0.1, 0.15) is 16.4 Å². The molecule has 0 atom stereocenters. The molecule has 0 unspecified atom stereocenters. The van der Waals surface area contributed by atoms with Gasteiger partial charge in [0, 0.05) is 25.9 Å². The first kappa shape index (κ1) is 20.2. The molecule has 2 aliphatic heterocycles. The molecule has 0 saturated heterocycles. The second-order valence-corrected chi connectivity index (χ2v) is 9.62. The number of benzene rings is 2. The number of aromatic nitrogens is 2. The van der Waals surface area contributed by atoms with Crippen molar-refractivity contribution in [3.05, 3.63) is 80.2 Å². The Bertz CT molecular complexity index is 1470. The third-order valence-electron chi connectivity index (χ3n) is 6.55. The topological polar surface area (TPSA) is 73.2 Å². The van der Waals surface area contributed by atoms with Gasteiger partial charge in [0.15, 0.2) is 0 Å². The van der Waals surface area contributed by atoms with Crippen LogP contribution in [0, 0.1) is 6.92 Å². The second-order valence-electron chi connectivity index (χ2n) is 8.63. The largest absolute Gasteiger partial charge is 0.493 e. The van der Waals surface area contributed by atoms with E-state index in [2.05, 4.69) is 34.6 Å². The van der Waals surface area contributed by atoms with Crippen LogP contribution >= 0.6 is 11.3 Å². The average molecular weight is 458 g/mol. The van der Waals surface area contributed by atoms with E-state index in [0.29, 0.717) is 28.2 Å². The van der Waals surface area contributed by atoms with Gasteiger partial charge in [-0.05, 0) is 53.3 Å². The lowest BCUT2D eigenvalue weighted by molar-refractivity contribution is 0.0954. The van der Waals surface area contributed by atoms with E-state index >= 15 is 0 Å². The molecule has 0 bridgehead atoms. The molecule has 4 aromatic rings. The highest BCUT2D eigenvalue weighted by Crippen LogP contribution is 2.31. The van der Waals surface area contributed by atoms with Crippen LogP contribution in [0.15, 0.2) is 47.3 Å². The van der Waals surface area contributed by atoms with Gasteiger partial charge in [-0.2, -0.15) is 0 Å². The molecule has 6 nitrogen and oxygen atoms in total. The van der Waals surface area contributed by atoms with Crippen LogP contribution in [0.3, 0.4) is 0 Å². The van der Waals surface area contributed by atoms with Crippen LogP contribution in [0.2, 0.25) is 0 Å². The third kappa shape index (κ3) is 3.43. The predicted octanol–water partition coefficient (Wildman–Crippen LogP) is 4.24. The number of thiophene rings is 1. The van der Waals surface area contributed by atoms with Crippen molar-refractivity contribution in [1.82, 2.24) is 14.9 Å². The number of carbonyl (C=O) groups excluding carboxylic acids is 1. The highest BCUT2D eigenvalue weighted by molar-refractivity contribution is 7.20. The van der Waals surface area contributed by atoms with E-state index in [1.807, 2.05) is 25.1 Å². The van der Waals surface area contributed by atoms with Gasteiger partial charge in [-0.25, -0.2) is 4.98 Å². The summed E-state index contributed by atoms with van der Waals surface area (Å²) in [6.07, 6.45) is 2.72. The number of aryl methyl sites for hydroxylation is 2. The summed E-state index contributed by atoms with van der Waals surface area (Å²) in [5.41, 5.74) is 5.28. The summed E-state index contributed by atoms with van der Waals surface area (Å²) in [5.74, 6) is 1.65. The van der Waals surface area contributed by atoms with Crippen LogP contribution in [0.5, 0.6) is 5.75 Å². The molecule has 7 heteroatoms. The van der Waals surface area contributed by atoms with Gasteiger partial charge < -0.3 is 10.1 Å². The number of fused-ring (bicyclic) bond motifs is 3. The van der Waals surface area contributed by atoms with Gasteiger partial charge in [0.2, 0.25) is 0 Å². The first-order valence-electron chi connectivity index (χ1n) is 11.2. The Hall–Kier alpha value is -3.45. The summed E-state index contributed by atoms with van der Waals surface area (Å²) >= 11 is 1.31. The molecule has 2 aromatic heterocycles. The van der Waals surface area contributed by atoms with Crippen molar-refractivity contribution in [1.29, 1.82) is 0 Å². The van der Waals surface area contributed by atoms with E-state index in [1.54, 1.807) is 4.57 Å². The molecule has 6 rings (SSSR count). The van der Waals surface area contributed by atoms with Crippen molar-refractivity contribution < 1.29 is 9.53 Å². The quantitative estimate of drug-likeness (QED) is 0.497. The van der Waals surface area contributed by atoms with Crippen LogP contribution in [0.25, 0.3) is 21.3 Å². The van der Waals surface area contributed by atoms with E-state index < -0.39 is 0 Å². The molecule has 2 aromatic carbocycles. The summed E-state index contributed by atoms with van der Waals surface area (Å²) in [6, 6.07) is 14.5. The van der Waals surface area contributed by atoms with Crippen LogP contribution < -0.4 is 15.6 Å². The van der Waals surface area contributed by atoms with E-state index in [4.69, 9.17) is 4.74 Å². The third-order valence-corrected chi connectivity index (χ3v) is 7.73. The lowest BCUT2D eigenvalue weighted by Crippen LogP contribution is -2.23. The number of ether oxygens (including phenoxy) is 1. The standard InChI is InChI=1S/C26H23N3O3S/c1-15-22-25(28-21-3-2-11-29(21)26(22)31)33-23(15)24(30)27-14-16-4-6-17(7-5-16)18-8-9-20-19(13-18)10-12-32-20/h4-9,13H,2-3,10-12,14H2,1H3,(H,27,30). The summed E-state index contributed by atoms with van der Waals surface area (Å²) in [4.78, 5) is 31.7. The first-order valence-corrected chi connectivity index (χ1v) is 12.1. The molecule has 1 amide bonds. The Morgan fingerprint density at radius 2 is 1.97 bits per heavy atom. The summed E-state index contributed by atoms with van der Waals surface area (Å²) in [5, 5.41) is 3.59. The molecule has 166 valence electrons. The maximum absolute atomic E-state index is 12.9. The molecule has 1 N–H and O–H groups in total. The van der Waals surface area contributed by atoms with Crippen LogP contribution in [-0.4, -0.2) is 22.1 Å². The fourth-order valence-electron chi connectivity index (χ4n) is 4.74. The van der Waals surface area contributed by atoms with Crippen LogP contribution in [0.1, 0.15) is 38.6 Å². The molecule has 0 spiro atoms. The van der Waals surface area contributed by atoms with Gasteiger partial charge in [-0.3, -0.25) is 14.2 Å². The Labute approximate surface area is 194 Å². The SMILES string of the molecule is Cc1c(C(=O)NCc2ccc(-c3ccc4c(c3)CCO4)cc2)sc2nc3n(c(=O)c12)CCC3. The Kier molecular flexibility index (Phi) is 4.80. The smallest absolute Gasteiger partial charge is 0.262 e. The highest BCUT2D eigenvalue weighted by Gasteiger charge is 2.23. The Morgan fingerprint density at radius 1 is 1.15 bits per heavy atom. The number of amides is 1. The lowest BCUT2D eigenvalue weighted by atomic mass is 10.0. The van der Waals surface area contributed by atoms with Gasteiger partial charge >= 0.3 is 0 Å². The zero-order valence-electron chi connectivity index (χ0n) is 18.3. The molecule has 4 heterocycles. The minimum absolute atomic E-state index is 0.0194. The minimum Gasteiger partial charge on any atom is -0.493 e. The molecule has 2 aliphatic rings. The Balaban J connectivity index is 1.19. The van der Waals surface area contributed by atoms with Crippen molar-refractivity contribution in [3.63, 3.8) is 0 Å². The van der Waals surface area contributed by atoms with Crippen molar-refractivity contribution >= 4 is 27.5 Å². The van der Waals surface area contributed by atoms with E-state index in [-0.39, 0.29) is 11.5 Å². The molecule has 0 aliphatic carbocycles. The van der Waals surface area contributed by atoms with Crippen molar-refractivity contribution in [2.24, 2.45) is 0 Å². The predicted molar refractivity (Wildman–Crippen MR) is 129 cm³/mol. The van der Waals surface area contributed by atoms with Crippen LogP contribution in [0.4, 0.5) is 0 Å². The number of nitrogens with one attached hydrogen (secondary N) is 1. The molecule has 0 radical (unpaired) electrons. The van der Waals surface area contributed by atoms with Gasteiger partial charge in [0.25, 0.3) is 11.5 Å².